The molecule has 2 aromatic rings. The van der Waals surface area contributed by atoms with E-state index in [0.717, 1.165) is 18.6 Å². The Kier molecular flexibility index (Phi) is 5.41. The van der Waals surface area contributed by atoms with Crippen LogP contribution in [0.15, 0.2) is 36.5 Å². The largest absolute Gasteiger partial charge is 0.382 e. The highest BCUT2D eigenvalue weighted by molar-refractivity contribution is 5.92. The van der Waals surface area contributed by atoms with Crippen LogP contribution in [0.2, 0.25) is 0 Å². The summed E-state index contributed by atoms with van der Waals surface area (Å²) in [6.07, 6.45) is 3.60. The summed E-state index contributed by atoms with van der Waals surface area (Å²) >= 11 is 0. The van der Waals surface area contributed by atoms with Gasteiger partial charge in [-0.3, -0.25) is 9.78 Å². The molecule has 1 fully saturated rings. The average molecular weight is 362 g/mol. The van der Waals surface area contributed by atoms with E-state index in [1.54, 1.807) is 31.5 Å². The number of carbonyl (C=O) groups is 1. The highest BCUT2D eigenvalue weighted by atomic mass is 19.1. The number of anilines is 1. The molecule has 0 aliphatic heterocycles. The molecule has 2 unspecified atom stereocenters. The van der Waals surface area contributed by atoms with Gasteiger partial charge in [-0.1, -0.05) is 6.07 Å². The van der Waals surface area contributed by atoms with E-state index in [-0.39, 0.29) is 17.7 Å². The molecule has 3 rings (SSSR count). The van der Waals surface area contributed by atoms with Crippen LogP contribution >= 0.6 is 0 Å². The minimum atomic E-state index is -0.903. The molecule has 26 heavy (non-hydrogen) atoms. The first-order valence-electron chi connectivity index (χ1n) is 8.33. The minimum absolute atomic E-state index is 0.00625. The van der Waals surface area contributed by atoms with Gasteiger partial charge in [-0.2, -0.15) is 13.8 Å². The van der Waals surface area contributed by atoms with Crippen LogP contribution in [0.4, 0.5) is 14.5 Å². The standard InChI is InChI=1S/C18H20F2N4O2/c1-26-13-5-6-18(10-13,24-17(25)14-4-2-3-7-21-14)11-22-12-8-15(19)23-16(20)9-12/h2-4,7-9,13H,5-6,10-11H2,1H3,(H,22,23)(H,24,25). The maximum atomic E-state index is 13.3. The Labute approximate surface area is 150 Å². The monoisotopic (exact) mass is 362 g/mol. The molecule has 6 nitrogen and oxygen atoms in total. The number of ether oxygens (including phenoxy) is 1. The molecule has 0 spiro atoms. The third-order valence-corrected chi connectivity index (χ3v) is 4.57. The highest BCUT2D eigenvalue weighted by Gasteiger charge is 2.40. The molecule has 1 aliphatic carbocycles. The molecule has 0 aromatic carbocycles. The van der Waals surface area contributed by atoms with E-state index in [1.807, 2.05) is 0 Å². The fourth-order valence-electron chi connectivity index (χ4n) is 3.24. The molecule has 1 amide bonds. The molecule has 1 aliphatic rings. The number of methoxy groups -OCH3 is 1. The molecule has 2 aromatic heterocycles. The third-order valence-electron chi connectivity index (χ3n) is 4.57. The molecular formula is C18H20F2N4O2. The average Bonchev–Trinajstić information content (AvgIpc) is 3.03. The number of nitrogens with zero attached hydrogens (tertiary/aromatic N) is 2. The summed E-state index contributed by atoms with van der Waals surface area (Å²) in [6.45, 7) is 0.300. The summed E-state index contributed by atoms with van der Waals surface area (Å²) in [5.74, 6) is -2.10. The van der Waals surface area contributed by atoms with Crippen LogP contribution in [0.3, 0.4) is 0 Å². The van der Waals surface area contributed by atoms with E-state index in [1.165, 1.54) is 0 Å². The number of pyridine rings is 2. The molecule has 2 atom stereocenters. The van der Waals surface area contributed by atoms with Gasteiger partial charge >= 0.3 is 0 Å². The van der Waals surface area contributed by atoms with Crippen molar-refractivity contribution in [1.29, 1.82) is 0 Å². The Balaban J connectivity index is 1.75. The number of amides is 1. The maximum absolute atomic E-state index is 13.3. The number of hydrogen-bond donors (Lipinski definition) is 2. The number of carbonyl (C=O) groups excluding carboxylic acids is 1. The van der Waals surface area contributed by atoms with Gasteiger partial charge < -0.3 is 15.4 Å². The minimum Gasteiger partial charge on any atom is -0.382 e. The van der Waals surface area contributed by atoms with Crippen molar-refractivity contribution >= 4 is 11.6 Å². The summed E-state index contributed by atoms with van der Waals surface area (Å²) in [6, 6.07) is 7.33. The fraction of sp³-hybridized carbons (Fsp3) is 0.389. The van der Waals surface area contributed by atoms with Gasteiger partial charge in [0.15, 0.2) is 0 Å². The van der Waals surface area contributed by atoms with Crippen LogP contribution in [-0.2, 0) is 4.74 Å². The van der Waals surface area contributed by atoms with E-state index in [4.69, 9.17) is 4.74 Å². The van der Waals surface area contributed by atoms with Crippen LogP contribution < -0.4 is 10.6 Å². The SMILES string of the molecule is COC1CCC(CNc2cc(F)nc(F)c2)(NC(=O)c2ccccn2)C1. The van der Waals surface area contributed by atoms with Crippen LogP contribution in [0.25, 0.3) is 0 Å². The Bertz CT molecular complexity index is 755. The molecular weight excluding hydrogens is 342 g/mol. The number of hydrogen-bond acceptors (Lipinski definition) is 5. The van der Waals surface area contributed by atoms with Crippen LogP contribution in [0, 0.1) is 11.9 Å². The topological polar surface area (TPSA) is 76.1 Å². The Hall–Kier alpha value is -2.61. The Morgan fingerprint density at radius 2 is 2.12 bits per heavy atom. The van der Waals surface area contributed by atoms with Gasteiger partial charge in [0.1, 0.15) is 5.69 Å². The Morgan fingerprint density at radius 1 is 1.35 bits per heavy atom. The zero-order chi connectivity index (χ0) is 18.6. The first kappa shape index (κ1) is 18.2. The molecule has 0 saturated heterocycles. The van der Waals surface area contributed by atoms with Crippen LogP contribution in [0.1, 0.15) is 29.8 Å². The maximum Gasteiger partial charge on any atom is 0.270 e. The number of halogens is 2. The molecule has 138 valence electrons. The highest BCUT2D eigenvalue weighted by Crippen LogP contribution is 2.32. The van der Waals surface area contributed by atoms with Crippen molar-refractivity contribution < 1.29 is 18.3 Å². The fourth-order valence-corrected chi connectivity index (χ4v) is 3.24. The second-order valence-electron chi connectivity index (χ2n) is 6.40. The molecule has 2 heterocycles. The van der Waals surface area contributed by atoms with Crippen molar-refractivity contribution in [2.75, 3.05) is 19.0 Å². The lowest BCUT2D eigenvalue weighted by Crippen LogP contribution is -2.52. The molecule has 2 N–H and O–H groups in total. The molecule has 0 bridgehead atoms. The first-order valence-corrected chi connectivity index (χ1v) is 8.33. The molecule has 0 radical (unpaired) electrons. The number of aromatic nitrogens is 2. The lowest BCUT2D eigenvalue weighted by molar-refractivity contribution is 0.0850. The van der Waals surface area contributed by atoms with Gasteiger partial charge in [-0.25, -0.2) is 0 Å². The van der Waals surface area contributed by atoms with Gasteiger partial charge in [-0.15, -0.1) is 0 Å². The second-order valence-corrected chi connectivity index (χ2v) is 6.40. The summed E-state index contributed by atoms with van der Waals surface area (Å²) in [7, 11) is 1.63. The normalized spacial score (nSPS) is 22.2. The zero-order valence-electron chi connectivity index (χ0n) is 14.3. The van der Waals surface area contributed by atoms with Crippen LogP contribution in [0.5, 0.6) is 0 Å². The summed E-state index contributed by atoms with van der Waals surface area (Å²) in [4.78, 5) is 19.7. The lowest BCUT2D eigenvalue weighted by atomic mass is 9.96. The van der Waals surface area contributed by atoms with Gasteiger partial charge in [0.05, 0.1) is 11.6 Å². The van der Waals surface area contributed by atoms with Crippen LogP contribution in [-0.4, -0.2) is 41.2 Å². The van der Waals surface area contributed by atoms with Crippen molar-refractivity contribution in [3.8, 4) is 0 Å². The van der Waals surface area contributed by atoms with Crippen molar-refractivity contribution in [3.05, 3.63) is 54.1 Å². The molecule has 8 heteroatoms. The van der Waals surface area contributed by atoms with Crippen molar-refractivity contribution in [3.63, 3.8) is 0 Å². The Morgan fingerprint density at radius 3 is 2.73 bits per heavy atom. The van der Waals surface area contributed by atoms with E-state index in [0.29, 0.717) is 25.1 Å². The van der Waals surface area contributed by atoms with E-state index < -0.39 is 17.4 Å². The smallest absolute Gasteiger partial charge is 0.270 e. The summed E-state index contributed by atoms with van der Waals surface area (Å²) in [5, 5.41) is 6.03. The lowest BCUT2D eigenvalue weighted by Gasteiger charge is -2.31. The van der Waals surface area contributed by atoms with Crippen molar-refractivity contribution in [2.45, 2.75) is 30.9 Å². The van der Waals surface area contributed by atoms with Gasteiger partial charge in [0, 0.05) is 37.7 Å². The van der Waals surface area contributed by atoms with Gasteiger partial charge in [0.2, 0.25) is 11.9 Å². The first-order chi connectivity index (χ1) is 12.5. The predicted octanol–water partition coefficient (Wildman–Crippen LogP) is 2.53. The quantitative estimate of drug-likeness (QED) is 0.773. The summed E-state index contributed by atoms with van der Waals surface area (Å²) in [5.41, 5.74) is -0.0260. The number of rotatable bonds is 6. The van der Waals surface area contributed by atoms with Crippen molar-refractivity contribution in [1.82, 2.24) is 15.3 Å². The van der Waals surface area contributed by atoms with Gasteiger partial charge in [-0.05, 0) is 31.4 Å². The van der Waals surface area contributed by atoms with E-state index >= 15 is 0 Å². The summed E-state index contributed by atoms with van der Waals surface area (Å²) < 4.78 is 32.0. The van der Waals surface area contributed by atoms with E-state index in [9.17, 15) is 13.6 Å². The predicted molar refractivity (Wildman–Crippen MR) is 91.7 cm³/mol. The van der Waals surface area contributed by atoms with E-state index in [2.05, 4.69) is 20.6 Å². The third kappa shape index (κ3) is 4.32. The molecule has 1 saturated carbocycles. The van der Waals surface area contributed by atoms with Gasteiger partial charge in [0.25, 0.3) is 5.91 Å². The number of nitrogens with one attached hydrogen (secondary N) is 2. The van der Waals surface area contributed by atoms with Crippen molar-refractivity contribution in [2.24, 2.45) is 0 Å². The zero-order valence-corrected chi connectivity index (χ0v) is 14.3. The second kappa shape index (κ2) is 7.74.